The second kappa shape index (κ2) is 3.89. The number of hydrogen-bond donors (Lipinski definition) is 1. The van der Waals surface area contributed by atoms with E-state index in [0.29, 0.717) is 24.4 Å². The van der Waals surface area contributed by atoms with E-state index in [4.69, 9.17) is 0 Å². The van der Waals surface area contributed by atoms with Crippen LogP contribution in [0.15, 0.2) is 24.5 Å². The van der Waals surface area contributed by atoms with Crippen LogP contribution < -0.4 is 5.32 Å². The van der Waals surface area contributed by atoms with Crippen LogP contribution >= 0.6 is 0 Å². The van der Waals surface area contributed by atoms with Crippen molar-refractivity contribution in [2.45, 2.75) is 33.1 Å². The summed E-state index contributed by atoms with van der Waals surface area (Å²) in [7, 11) is 0. The summed E-state index contributed by atoms with van der Waals surface area (Å²) in [4.78, 5) is 29.0. The maximum Gasteiger partial charge on any atom is 0.238 e. The van der Waals surface area contributed by atoms with E-state index in [2.05, 4.69) is 24.1 Å². The lowest BCUT2D eigenvalue weighted by Crippen LogP contribution is -2.46. The van der Waals surface area contributed by atoms with E-state index in [1.807, 2.05) is 0 Å². The molecule has 2 atom stereocenters. The Balaban J connectivity index is 1.92. The Labute approximate surface area is 112 Å². The van der Waals surface area contributed by atoms with Gasteiger partial charge in [0.1, 0.15) is 11.2 Å². The van der Waals surface area contributed by atoms with Gasteiger partial charge < -0.3 is 5.32 Å². The first-order valence-corrected chi connectivity index (χ1v) is 6.73. The molecule has 2 aliphatic rings. The molecule has 2 unspecified atom stereocenters. The normalized spacial score (nSPS) is 31.5. The largest absolute Gasteiger partial charge is 0.324 e. The number of nitrogens with zero attached hydrogens (tertiary/aromatic N) is 1. The second-order valence-corrected chi connectivity index (χ2v) is 6.19. The molecule has 4 heteroatoms. The Morgan fingerprint density at radius 1 is 1.47 bits per heavy atom. The summed E-state index contributed by atoms with van der Waals surface area (Å²) < 4.78 is 0. The second-order valence-electron chi connectivity index (χ2n) is 6.19. The lowest BCUT2D eigenvalue weighted by molar-refractivity contribution is -0.141. The van der Waals surface area contributed by atoms with Gasteiger partial charge in [-0.15, -0.1) is 0 Å². The molecular weight excluding hydrogens is 240 g/mol. The topological polar surface area (TPSA) is 59.1 Å². The molecule has 0 saturated heterocycles. The minimum atomic E-state index is -0.840. The monoisotopic (exact) mass is 258 g/mol. The molecule has 2 bridgehead atoms. The van der Waals surface area contributed by atoms with Gasteiger partial charge in [0.25, 0.3) is 0 Å². The molecular formula is C15H18N2O2. The molecule has 4 nitrogen and oxygen atoms in total. The van der Waals surface area contributed by atoms with Gasteiger partial charge in [0.2, 0.25) is 5.91 Å². The van der Waals surface area contributed by atoms with E-state index in [1.54, 1.807) is 24.5 Å². The van der Waals surface area contributed by atoms with Crippen molar-refractivity contribution in [2.24, 2.45) is 16.7 Å². The van der Waals surface area contributed by atoms with Gasteiger partial charge in [0, 0.05) is 12.6 Å². The number of hydrogen-bond acceptors (Lipinski definition) is 3. The Morgan fingerprint density at radius 2 is 2.26 bits per heavy atom. The number of carbonyl (C=O) groups excluding carboxylic acids is 2. The van der Waals surface area contributed by atoms with E-state index in [9.17, 15) is 9.59 Å². The zero-order valence-corrected chi connectivity index (χ0v) is 11.3. The lowest BCUT2D eigenvalue weighted by atomic mass is 9.68. The van der Waals surface area contributed by atoms with Crippen molar-refractivity contribution in [1.29, 1.82) is 0 Å². The molecule has 1 aromatic heterocycles. The molecule has 1 amide bonds. The van der Waals surface area contributed by atoms with Crippen molar-refractivity contribution in [3.63, 3.8) is 0 Å². The van der Waals surface area contributed by atoms with Crippen LogP contribution in [0.3, 0.4) is 0 Å². The van der Waals surface area contributed by atoms with Crippen molar-refractivity contribution < 1.29 is 9.59 Å². The van der Waals surface area contributed by atoms with Gasteiger partial charge in [-0.1, -0.05) is 13.8 Å². The molecule has 0 aromatic carbocycles. The van der Waals surface area contributed by atoms with E-state index < -0.39 is 5.41 Å². The number of anilines is 1. The molecule has 1 aromatic rings. The quantitative estimate of drug-likeness (QED) is 0.829. The van der Waals surface area contributed by atoms with Gasteiger partial charge in [-0.05, 0) is 36.3 Å². The van der Waals surface area contributed by atoms with Gasteiger partial charge in [-0.25, -0.2) is 0 Å². The smallest absolute Gasteiger partial charge is 0.238 e. The Morgan fingerprint density at radius 3 is 2.79 bits per heavy atom. The van der Waals surface area contributed by atoms with Crippen LogP contribution in [0.4, 0.5) is 5.69 Å². The van der Waals surface area contributed by atoms with Crippen LogP contribution in [0, 0.1) is 16.7 Å². The first-order chi connectivity index (χ1) is 8.98. The van der Waals surface area contributed by atoms with E-state index in [0.717, 1.165) is 6.42 Å². The molecule has 3 rings (SSSR count). The zero-order valence-electron chi connectivity index (χ0n) is 11.3. The van der Waals surface area contributed by atoms with Crippen LogP contribution in [0.25, 0.3) is 0 Å². The van der Waals surface area contributed by atoms with Crippen molar-refractivity contribution in [2.75, 3.05) is 5.32 Å². The SMILES string of the molecule is CC1(C)C2CCC1(C(=O)Nc1cccnc1)C(=O)C2. The Kier molecular flexibility index (Phi) is 2.52. The summed E-state index contributed by atoms with van der Waals surface area (Å²) in [5.41, 5.74) is -0.426. The van der Waals surface area contributed by atoms with Gasteiger partial charge in [0.05, 0.1) is 11.9 Å². The van der Waals surface area contributed by atoms with E-state index in [-0.39, 0.29) is 17.1 Å². The summed E-state index contributed by atoms with van der Waals surface area (Å²) in [6, 6.07) is 3.56. The summed E-state index contributed by atoms with van der Waals surface area (Å²) >= 11 is 0. The van der Waals surface area contributed by atoms with Crippen molar-refractivity contribution in [3.8, 4) is 0 Å². The number of carbonyl (C=O) groups is 2. The molecule has 100 valence electrons. The summed E-state index contributed by atoms with van der Waals surface area (Å²) in [6.45, 7) is 4.11. The minimum absolute atomic E-state index is 0.107. The molecule has 2 fully saturated rings. The summed E-state index contributed by atoms with van der Waals surface area (Å²) in [6.07, 6.45) is 5.46. The number of fused-ring (bicyclic) bond motifs is 2. The molecule has 0 radical (unpaired) electrons. The number of amides is 1. The number of rotatable bonds is 2. The zero-order chi connectivity index (χ0) is 13.7. The molecule has 2 saturated carbocycles. The molecule has 0 aliphatic heterocycles. The average molecular weight is 258 g/mol. The number of pyridine rings is 1. The fourth-order valence-electron chi connectivity index (χ4n) is 3.88. The maximum atomic E-state index is 12.7. The van der Waals surface area contributed by atoms with Crippen LogP contribution in [-0.4, -0.2) is 16.7 Å². The van der Waals surface area contributed by atoms with Crippen molar-refractivity contribution in [1.82, 2.24) is 4.98 Å². The van der Waals surface area contributed by atoms with Crippen LogP contribution in [0.5, 0.6) is 0 Å². The van der Waals surface area contributed by atoms with Gasteiger partial charge in [-0.3, -0.25) is 14.6 Å². The molecule has 2 aliphatic carbocycles. The third-order valence-corrected chi connectivity index (χ3v) is 5.20. The first kappa shape index (κ1) is 12.3. The molecule has 1 heterocycles. The minimum Gasteiger partial charge on any atom is -0.324 e. The van der Waals surface area contributed by atoms with Crippen molar-refractivity contribution >= 4 is 17.4 Å². The number of Topliss-reactive ketones (excluding diaryl/α,β-unsaturated/α-hetero) is 1. The number of nitrogens with one attached hydrogen (secondary N) is 1. The molecule has 1 N–H and O–H groups in total. The van der Waals surface area contributed by atoms with Crippen LogP contribution in [0.2, 0.25) is 0 Å². The Hall–Kier alpha value is -1.71. The number of aromatic nitrogens is 1. The highest BCUT2D eigenvalue weighted by Crippen LogP contribution is 2.64. The standard InChI is InChI=1S/C15H18N2O2/c1-14(2)10-5-6-15(14,12(18)8-10)13(19)17-11-4-3-7-16-9-11/h3-4,7,9-10H,5-6,8H2,1-2H3,(H,17,19). The third kappa shape index (κ3) is 1.49. The van der Waals surface area contributed by atoms with Crippen LogP contribution in [-0.2, 0) is 9.59 Å². The van der Waals surface area contributed by atoms with Gasteiger partial charge in [0.15, 0.2) is 0 Å². The highest BCUT2D eigenvalue weighted by molar-refractivity contribution is 6.14. The highest BCUT2D eigenvalue weighted by atomic mass is 16.2. The van der Waals surface area contributed by atoms with E-state index in [1.165, 1.54) is 0 Å². The van der Waals surface area contributed by atoms with E-state index >= 15 is 0 Å². The predicted molar refractivity (Wildman–Crippen MR) is 71.4 cm³/mol. The average Bonchev–Trinajstić information content (AvgIpc) is 2.74. The van der Waals surface area contributed by atoms with Crippen molar-refractivity contribution in [3.05, 3.63) is 24.5 Å². The Bertz CT molecular complexity index is 538. The highest BCUT2D eigenvalue weighted by Gasteiger charge is 2.68. The van der Waals surface area contributed by atoms with Crippen LogP contribution in [0.1, 0.15) is 33.1 Å². The predicted octanol–water partition coefficient (Wildman–Crippen LogP) is 2.42. The fraction of sp³-hybridized carbons (Fsp3) is 0.533. The first-order valence-electron chi connectivity index (χ1n) is 6.73. The maximum absolute atomic E-state index is 12.7. The summed E-state index contributed by atoms with van der Waals surface area (Å²) in [5.74, 6) is 0.297. The lowest BCUT2D eigenvalue weighted by Gasteiger charge is -2.34. The fourth-order valence-corrected chi connectivity index (χ4v) is 3.88. The number of ketones is 1. The molecule has 19 heavy (non-hydrogen) atoms. The molecule has 0 spiro atoms. The third-order valence-electron chi connectivity index (χ3n) is 5.20. The summed E-state index contributed by atoms with van der Waals surface area (Å²) in [5, 5.41) is 2.87. The van der Waals surface area contributed by atoms with Gasteiger partial charge in [-0.2, -0.15) is 0 Å². The van der Waals surface area contributed by atoms with Gasteiger partial charge >= 0.3 is 0 Å².